The summed E-state index contributed by atoms with van der Waals surface area (Å²) in [5.41, 5.74) is 3.73. The van der Waals surface area contributed by atoms with Gasteiger partial charge in [0.1, 0.15) is 0 Å². The number of nitrogens with zero attached hydrogens (tertiary/aromatic N) is 6. The van der Waals surface area contributed by atoms with Gasteiger partial charge in [-0.05, 0) is 51.4 Å². The first kappa shape index (κ1) is 15.8. The van der Waals surface area contributed by atoms with Crippen LogP contribution in [0.1, 0.15) is 42.4 Å². The van der Waals surface area contributed by atoms with Crippen LogP contribution in [0, 0.1) is 6.92 Å². The Morgan fingerprint density at radius 3 is 2.79 bits per heavy atom. The molecule has 2 aliphatic rings. The third-order valence-corrected chi connectivity index (χ3v) is 5.41. The maximum absolute atomic E-state index is 4.60. The van der Waals surface area contributed by atoms with Gasteiger partial charge in [-0.3, -0.25) is 14.3 Å². The van der Waals surface area contributed by atoms with Crippen LogP contribution in [-0.4, -0.2) is 55.5 Å². The van der Waals surface area contributed by atoms with Gasteiger partial charge in [0, 0.05) is 39.4 Å². The summed E-state index contributed by atoms with van der Waals surface area (Å²) in [5.74, 6) is 0. The second-order valence-corrected chi connectivity index (χ2v) is 7.33. The maximum atomic E-state index is 4.60. The van der Waals surface area contributed by atoms with Gasteiger partial charge < -0.3 is 4.90 Å². The lowest BCUT2D eigenvalue weighted by Crippen LogP contribution is -2.39. The molecular formula is C18H28N6. The summed E-state index contributed by atoms with van der Waals surface area (Å²) in [7, 11) is 2.04. The van der Waals surface area contributed by atoms with Crippen molar-refractivity contribution in [1.29, 1.82) is 0 Å². The van der Waals surface area contributed by atoms with Crippen molar-refractivity contribution < 1.29 is 0 Å². The predicted molar refractivity (Wildman–Crippen MR) is 93.6 cm³/mol. The summed E-state index contributed by atoms with van der Waals surface area (Å²) < 4.78 is 4.28. The van der Waals surface area contributed by atoms with E-state index < -0.39 is 0 Å². The van der Waals surface area contributed by atoms with E-state index in [9.17, 15) is 0 Å². The number of aryl methyl sites for hydroxylation is 2. The monoisotopic (exact) mass is 328 g/mol. The molecular weight excluding hydrogens is 300 g/mol. The molecule has 6 nitrogen and oxygen atoms in total. The molecule has 6 heteroatoms. The van der Waals surface area contributed by atoms with E-state index in [0.717, 1.165) is 25.3 Å². The average molecular weight is 328 g/mol. The van der Waals surface area contributed by atoms with Gasteiger partial charge in [-0.1, -0.05) is 0 Å². The molecule has 24 heavy (non-hydrogen) atoms. The number of likely N-dealkylation sites (tertiary alicyclic amines) is 1. The Kier molecular flexibility index (Phi) is 4.41. The smallest absolute Gasteiger partial charge is 0.0662 e. The van der Waals surface area contributed by atoms with Crippen molar-refractivity contribution in [2.24, 2.45) is 7.05 Å². The largest absolute Gasteiger partial charge is 0.303 e. The lowest BCUT2D eigenvalue weighted by Gasteiger charge is -2.34. The predicted octanol–water partition coefficient (Wildman–Crippen LogP) is 1.97. The molecule has 0 N–H and O–H groups in total. The molecule has 1 fully saturated rings. The summed E-state index contributed by atoms with van der Waals surface area (Å²) in [6.07, 6.45) is 5.87. The van der Waals surface area contributed by atoms with E-state index in [4.69, 9.17) is 0 Å². The van der Waals surface area contributed by atoms with E-state index >= 15 is 0 Å². The summed E-state index contributed by atoms with van der Waals surface area (Å²) >= 11 is 0. The molecule has 0 unspecified atom stereocenters. The molecule has 2 aromatic heterocycles. The van der Waals surface area contributed by atoms with Gasteiger partial charge in [-0.15, -0.1) is 0 Å². The van der Waals surface area contributed by atoms with Crippen LogP contribution in [0.15, 0.2) is 18.3 Å². The number of hydrogen-bond acceptors (Lipinski definition) is 4. The Morgan fingerprint density at radius 2 is 2.04 bits per heavy atom. The fourth-order valence-corrected chi connectivity index (χ4v) is 4.18. The zero-order valence-corrected chi connectivity index (χ0v) is 14.9. The van der Waals surface area contributed by atoms with E-state index in [-0.39, 0.29) is 0 Å². The highest BCUT2D eigenvalue weighted by Gasteiger charge is 2.26. The molecule has 2 aromatic rings. The van der Waals surface area contributed by atoms with Gasteiger partial charge in [0.25, 0.3) is 0 Å². The maximum Gasteiger partial charge on any atom is 0.0662 e. The zero-order chi connectivity index (χ0) is 16.5. The lowest BCUT2D eigenvalue weighted by atomic mass is 10.1. The Bertz CT molecular complexity index is 681. The van der Waals surface area contributed by atoms with Crippen LogP contribution in [0.25, 0.3) is 0 Å². The summed E-state index contributed by atoms with van der Waals surface area (Å²) in [6, 6.07) is 4.85. The molecule has 0 radical (unpaired) electrons. The van der Waals surface area contributed by atoms with Gasteiger partial charge in [-0.25, -0.2) is 0 Å². The molecule has 4 heterocycles. The van der Waals surface area contributed by atoms with Crippen molar-refractivity contribution in [2.75, 3.05) is 26.2 Å². The average Bonchev–Trinajstić information content (AvgIpc) is 3.27. The SMILES string of the molecule is Cc1cc(CN2Cc3ccnn3[C@@H](CCN3CCCC3)C2)n(C)n1. The number of hydrogen-bond donors (Lipinski definition) is 0. The molecule has 1 saturated heterocycles. The summed E-state index contributed by atoms with van der Waals surface area (Å²) in [4.78, 5) is 5.15. The molecule has 0 saturated carbocycles. The summed E-state index contributed by atoms with van der Waals surface area (Å²) in [5, 5.41) is 9.08. The van der Waals surface area contributed by atoms with E-state index in [1.54, 1.807) is 0 Å². The van der Waals surface area contributed by atoms with E-state index in [2.05, 4.69) is 43.7 Å². The Hall–Kier alpha value is -1.66. The van der Waals surface area contributed by atoms with Crippen molar-refractivity contribution in [2.45, 2.75) is 45.3 Å². The Balaban J connectivity index is 1.45. The molecule has 1 atom stereocenters. The lowest BCUT2D eigenvalue weighted by molar-refractivity contribution is 0.149. The molecule has 0 aliphatic carbocycles. The highest BCUT2D eigenvalue weighted by molar-refractivity contribution is 5.10. The van der Waals surface area contributed by atoms with Crippen LogP contribution in [0.3, 0.4) is 0 Å². The Morgan fingerprint density at radius 1 is 1.21 bits per heavy atom. The van der Waals surface area contributed by atoms with Gasteiger partial charge in [0.15, 0.2) is 0 Å². The van der Waals surface area contributed by atoms with Crippen molar-refractivity contribution in [3.8, 4) is 0 Å². The second kappa shape index (κ2) is 6.69. The molecule has 0 amide bonds. The minimum atomic E-state index is 0.485. The minimum Gasteiger partial charge on any atom is -0.303 e. The molecule has 0 bridgehead atoms. The normalized spacial score (nSPS) is 22.2. The Labute approximate surface area is 144 Å². The molecule has 2 aliphatic heterocycles. The van der Waals surface area contributed by atoms with Crippen molar-refractivity contribution >= 4 is 0 Å². The number of aromatic nitrogens is 4. The third-order valence-electron chi connectivity index (χ3n) is 5.41. The first-order valence-electron chi connectivity index (χ1n) is 9.15. The highest BCUT2D eigenvalue weighted by atomic mass is 15.4. The van der Waals surface area contributed by atoms with E-state index in [1.807, 2.05) is 17.9 Å². The third kappa shape index (κ3) is 3.26. The van der Waals surface area contributed by atoms with Crippen LogP contribution in [0.4, 0.5) is 0 Å². The second-order valence-electron chi connectivity index (χ2n) is 7.33. The zero-order valence-electron chi connectivity index (χ0n) is 14.9. The summed E-state index contributed by atoms with van der Waals surface area (Å²) in [6.45, 7) is 8.82. The van der Waals surface area contributed by atoms with Crippen molar-refractivity contribution in [3.05, 3.63) is 35.4 Å². The molecule has 130 valence electrons. The molecule has 0 aromatic carbocycles. The quantitative estimate of drug-likeness (QED) is 0.841. The molecule has 0 spiro atoms. The minimum absolute atomic E-state index is 0.485. The highest BCUT2D eigenvalue weighted by Crippen LogP contribution is 2.25. The van der Waals surface area contributed by atoms with Crippen molar-refractivity contribution in [3.63, 3.8) is 0 Å². The van der Waals surface area contributed by atoms with Gasteiger partial charge in [0.05, 0.1) is 23.1 Å². The fraction of sp³-hybridized carbons (Fsp3) is 0.667. The van der Waals surface area contributed by atoms with Crippen LogP contribution >= 0.6 is 0 Å². The van der Waals surface area contributed by atoms with Crippen LogP contribution in [-0.2, 0) is 20.1 Å². The van der Waals surface area contributed by atoms with Crippen LogP contribution in [0.2, 0.25) is 0 Å². The van der Waals surface area contributed by atoms with Gasteiger partial charge >= 0.3 is 0 Å². The van der Waals surface area contributed by atoms with E-state index in [0.29, 0.717) is 6.04 Å². The number of fused-ring (bicyclic) bond motifs is 1. The van der Waals surface area contributed by atoms with Crippen LogP contribution < -0.4 is 0 Å². The number of rotatable bonds is 5. The van der Waals surface area contributed by atoms with Gasteiger partial charge in [-0.2, -0.15) is 10.2 Å². The van der Waals surface area contributed by atoms with E-state index in [1.165, 1.54) is 50.3 Å². The molecule has 4 rings (SSSR count). The van der Waals surface area contributed by atoms with Crippen molar-refractivity contribution in [1.82, 2.24) is 29.4 Å². The van der Waals surface area contributed by atoms with Gasteiger partial charge in [0.2, 0.25) is 0 Å². The first-order chi connectivity index (χ1) is 11.7. The topological polar surface area (TPSA) is 42.1 Å². The fourth-order valence-electron chi connectivity index (χ4n) is 4.18. The van der Waals surface area contributed by atoms with Crippen LogP contribution in [0.5, 0.6) is 0 Å². The standard InChI is InChI=1S/C18H28N6/c1-15-11-18(21(2)20-15)14-23-12-16-5-7-19-24(16)17(13-23)6-10-22-8-3-4-9-22/h5,7,11,17H,3-4,6,8-10,12-14H2,1-2H3/t17-/m0/s1. The first-order valence-corrected chi connectivity index (χ1v) is 9.15.